The molecule has 23 heavy (non-hydrogen) atoms. The highest BCUT2D eigenvalue weighted by atomic mass is 19.4. The number of ether oxygens (including phenoxy) is 1. The second-order valence-corrected chi connectivity index (χ2v) is 4.18. The molecule has 0 aromatic heterocycles. The van der Waals surface area contributed by atoms with Crippen molar-refractivity contribution in [1.29, 1.82) is 0 Å². The van der Waals surface area contributed by atoms with E-state index in [1.165, 1.54) is 18.2 Å². The van der Waals surface area contributed by atoms with Crippen LogP contribution in [0, 0.1) is 0 Å². The summed E-state index contributed by atoms with van der Waals surface area (Å²) in [5.74, 6) is -6.97. The van der Waals surface area contributed by atoms with Gasteiger partial charge in [-0.1, -0.05) is 12.1 Å². The Morgan fingerprint density at radius 1 is 1.17 bits per heavy atom. The molecule has 0 fully saturated rings. The number of esters is 1. The summed E-state index contributed by atoms with van der Waals surface area (Å²) in [7, 11) is 0. The van der Waals surface area contributed by atoms with E-state index in [1.807, 2.05) is 0 Å². The van der Waals surface area contributed by atoms with E-state index in [4.69, 9.17) is 0 Å². The van der Waals surface area contributed by atoms with Crippen LogP contribution in [0.15, 0.2) is 29.4 Å². The van der Waals surface area contributed by atoms with Gasteiger partial charge in [0.05, 0.1) is 6.21 Å². The van der Waals surface area contributed by atoms with Crippen LogP contribution in [0.4, 0.5) is 30.7 Å². The van der Waals surface area contributed by atoms with Gasteiger partial charge < -0.3 is 4.74 Å². The van der Waals surface area contributed by atoms with E-state index in [0.29, 0.717) is 11.6 Å². The number of hydrazone groups is 1. The zero-order valence-corrected chi connectivity index (χ0v) is 11.3. The van der Waals surface area contributed by atoms with Gasteiger partial charge in [0, 0.05) is 6.92 Å². The van der Waals surface area contributed by atoms with Crippen molar-refractivity contribution >= 4 is 12.2 Å². The standard InChI is InChI=1S/C12H9F7N2O2/c1-7(22)23-9-4-2-3-8(5-9)6-20-21-12(18,19)10(13,14)11(15,16)17/h2-6,21H,1H3/b20-6-. The molecule has 0 spiro atoms. The van der Waals surface area contributed by atoms with E-state index in [2.05, 4.69) is 9.84 Å². The summed E-state index contributed by atoms with van der Waals surface area (Å²) in [4.78, 5) is 10.7. The zero-order chi connectivity index (χ0) is 17.9. The Kier molecular flexibility index (Phi) is 5.23. The molecule has 0 atom stereocenters. The SMILES string of the molecule is CC(=O)Oc1cccc(/C=N\NC(F)(F)C(F)(F)C(F)(F)F)c1. The molecule has 1 N–H and O–H groups in total. The second-order valence-electron chi connectivity index (χ2n) is 4.18. The Bertz CT molecular complexity index is 599. The van der Waals surface area contributed by atoms with Crippen molar-refractivity contribution < 1.29 is 40.3 Å². The Labute approximate surface area is 124 Å². The van der Waals surface area contributed by atoms with Gasteiger partial charge in [-0.05, 0) is 17.7 Å². The third-order valence-corrected chi connectivity index (χ3v) is 2.29. The lowest BCUT2D eigenvalue weighted by Crippen LogP contribution is -2.58. The molecule has 0 radical (unpaired) electrons. The van der Waals surface area contributed by atoms with Gasteiger partial charge in [0.2, 0.25) is 0 Å². The maximum absolute atomic E-state index is 12.9. The average Bonchev–Trinajstić information content (AvgIpc) is 2.36. The first kappa shape index (κ1) is 18.7. The van der Waals surface area contributed by atoms with Gasteiger partial charge in [-0.15, -0.1) is 0 Å². The summed E-state index contributed by atoms with van der Waals surface area (Å²) in [6, 6.07) is -0.596. The minimum absolute atomic E-state index is 0.00818. The topological polar surface area (TPSA) is 50.7 Å². The van der Waals surface area contributed by atoms with Crippen LogP contribution in [0.1, 0.15) is 12.5 Å². The number of rotatable bonds is 5. The van der Waals surface area contributed by atoms with Crippen LogP contribution in [0.2, 0.25) is 0 Å². The molecule has 0 saturated carbocycles. The molecule has 1 aromatic carbocycles. The predicted molar refractivity (Wildman–Crippen MR) is 64.4 cm³/mol. The van der Waals surface area contributed by atoms with Crippen LogP contribution in [0.25, 0.3) is 0 Å². The molecule has 1 rings (SSSR count). The van der Waals surface area contributed by atoms with Crippen LogP contribution in [-0.4, -0.2) is 30.3 Å². The van der Waals surface area contributed by atoms with E-state index < -0.39 is 24.1 Å². The molecule has 128 valence electrons. The number of hydrogen-bond donors (Lipinski definition) is 1. The Morgan fingerprint density at radius 2 is 1.78 bits per heavy atom. The highest BCUT2D eigenvalue weighted by Crippen LogP contribution is 2.44. The van der Waals surface area contributed by atoms with Gasteiger partial charge >= 0.3 is 24.1 Å². The van der Waals surface area contributed by atoms with Crippen LogP contribution in [0.3, 0.4) is 0 Å². The average molecular weight is 346 g/mol. The molecule has 0 bridgehead atoms. The van der Waals surface area contributed by atoms with Gasteiger partial charge in [-0.25, -0.2) is 5.43 Å². The van der Waals surface area contributed by atoms with E-state index >= 15 is 0 Å². The fraction of sp³-hybridized carbons (Fsp3) is 0.333. The fourth-order valence-corrected chi connectivity index (χ4v) is 1.26. The maximum atomic E-state index is 12.9. The van der Waals surface area contributed by atoms with Gasteiger partial charge in [-0.3, -0.25) is 4.79 Å². The zero-order valence-electron chi connectivity index (χ0n) is 11.3. The number of benzene rings is 1. The molecule has 0 aliphatic heterocycles. The third-order valence-electron chi connectivity index (χ3n) is 2.29. The van der Waals surface area contributed by atoms with Gasteiger partial charge in [-0.2, -0.15) is 35.8 Å². The number of halogens is 7. The van der Waals surface area contributed by atoms with Crippen molar-refractivity contribution in [3.05, 3.63) is 29.8 Å². The monoisotopic (exact) mass is 346 g/mol. The minimum Gasteiger partial charge on any atom is -0.427 e. The third kappa shape index (κ3) is 4.57. The van der Waals surface area contributed by atoms with Gasteiger partial charge in [0.15, 0.2) is 0 Å². The Hall–Kier alpha value is -2.33. The van der Waals surface area contributed by atoms with Crippen LogP contribution >= 0.6 is 0 Å². The summed E-state index contributed by atoms with van der Waals surface area (Å²) < 4.78 is 91.2. The smallest absolute Gasteiger partial charge is 0.427 e. The molecular formula is C12H9F7N2O2. The molecule has 0 aliphatic carbocycles. The number of carbonyl (C=O) groups is 1. The molecule has 0 unspecified atom stereocenters. The summed E-state index contributed by atoms with van der Waals surface area (Å²) in [5.41, 5.74) is 0.489. The highest BCUT2D eigenvalue weighted by Gasteiger charge is 2.73. The molecule has 1 aromatic rings. The molecule has 4 nitrogen and oxygen atoms in total. The Balaban J connectivity index is 2.85. The minimum atomic E-state index is -6.45. The summed E-state index contributed by atoms with van der Waals surface area (Å²) >= 11 is 0. The number of carbonyl (C=O) groups excluding carboxylic acids is 1. The van der Waals surface area contributed by atoms with E-state index in [9.17, 15) is 35.5 Å². The van der Waals surface area contributed by atoms with Gasteiger partial charge in [0.25, 0.3) is 0 Å². The van der Waals surface area contributed by atoms with Crippen molar-refractivity contribution in [1.82, 2.24) is 5.43 Å². The Morgan fingerprint density at radius 3 is 2.30 bits per heavy atom. The molecule has 0 aliphatic rings. The molecule has 0 amide bonds. The number of nitrogens with one attached hydrogen (secondary N) is 1. The van der Waals surface area contributed by atoms with E-state index in [0.717, 1.165) is 13.0 Å². The number of hydrogen-bond acceptors (Lipinski definition) is 4. The first-order valence-electron chi connectivity index (χ1n) is 5.78. The van der Waals surface area contributed by atoms with Crippen molar-refractivity contribution in [3.8, 4) is 5.75 Å². The largest absolute Gasteiger partial charge is 0.462 e. The lowest BCUT2D eigenvalue weighted by Gasteiger charge is -2.27. The molecule has 11 heteroatoms. The first-order chi connectivity index (χ1) is 10.4. The van der Waals surface area contributed by atoms with Crippen molar-refractivity contribution in [2.24, 2.45) is 5.10 Å². The normalized spacial score (nSPS) is 13.2. The second kappa shape index (κ2) is 6.42. The maximum Gasteiger partial charge on any atom is 0.462 e. The van der Waals surface area contributed by atoms with E-state index in [1.54, 1.807) is 0 Å². The fourth-order valence-electron chi connectivity index (χ4n) is 1.26. The molecular weight excluding hydrogens is 337 g/mol. The number of nitrogens with zero attached hydrogens (tertiary/aromatic N) is 1. The van der Waals surface area contributed by atoms with Gasteiger partial charge in [0.1, 0.15) is 5.75 Å². The molecule has 0 saturated heterocycles. The van der Waals surface area contributed by atoms with Crippen molar-refractivity contribution in [3.63, 3.8) is 0 Å². The predicted octanol–water partition coefficient (Wildman–Crippen LogP) is 3.33. The lowest BCUT2D eigenvalue weighted by atomic mass is 10.2. The highest BCUT2D eigenvalue weighted by molar-refractivity contribution is 5.80. The summed E-state index contributed by atoms with van der Waals surface area (Å²) in [6.07, 6.45) is -5.89. The lowest BCUT2D eigenvalue weighted by molar-refractivity contribution is -0.361. The van der Waals surface area contributed by atoms with Crippen molar-refractivity contribution in [2.45, 2.75) is 25.1 Å². The van der Waals surface area contributed by atoms with Crippen LogP contribution < -0.4 is 10.2 Å². The molecule has 0 heterocycles. The van der Waals surface area contributed by atoms with E-state index in [-0.39, 0.29) is 11.3 Å². The number of alkyl halides is 7. The van der Waals surface area contributed by atoms with Crippen molar-refractivity contribution in [2.75, 3.05) is 0 Å². The van der Waals surface area contributed by atoms with Crippen LogP contribution in [-0.2, 0) is 4.79 Å². The van der Waals surface area contributed by atoms with Crippen LogP contribution in [0.5, 0.6) is 5.75 Å². The quantitative estimate of drug-likeness (QED) is 0.222. The summed E-state index contributed by atoms with van der Waals surface area (Å²) in [6.45, 7) is 1.10. The first-order valence-corrected chi connectivity index (χ1v) is 5.78. The summed E-state index contributed by atoms with van der Waals surface area (Å²) in [5, 5.41) is 2.67.